The molecule has 0 aliphatic carbocycles. The van der Waals surface area contributed by atoms with E-state index in [2.05, 4.69) is 33.1 Å². The first kappa shape index (κ1) is 18.8. The van der Waals surface area contributed by atoms with E-state index in [1.165, 1.54) is 12.3 Å². The van der Waals surface area contributed by atoms with Gasteiger partial charge in [-0.3, -0.25) is 14.9 Å². The molecule has 8 heteroatoms. The standard InChI is InChI=1S/C19H14IN3O4/c1-12-2-3-14(10-17(12)23(25)26)18-9-8-16(27-18)11-21-22-19(24)13-4-6-15(20)7-5-13/h2-11H,1H3,(H,22,24)/b21-11-. The fourth-order valence-electron chi connectivity index (χ4n) is 2.36. The number of carbonyl (C=O) groups is 1. The normalized spacial score (nSPS) is 10.9. The lowest BCUT2D eigenvalue weighted by Crippen LogP contribution is -2.17. The lowest BCUT2D eigenvalue weighted by atomic mass is 10.1. The van der Waals surface area contributed by atoms with Crippen LogP contribution in [0.25, 0.3) is 11.3 Å². The number of benzene rings is 2. The lowest BCUT2D eigenvalue weighted by molar-refractivity contribution is -0.385. The maximum atomic E-state index is 12.0. The predicted molar refractivity (Wildman–Crippen MR) is 110 cm³/mol. The van der Waals surface area contributed by atoms with E-state index in [4.69, 9.17) is 4.42 Å². The first-order chi connectivity index (χ1) is 12.9. The highest BCUT2D eigenvalue weighted by atomic mass is 127. The van der Waals surface area contributed by atoms with Crippen LogP contribution < -0.4 is 5.43 Å². The molecule has 1 heterocycles. The van der Waals surface area contributed by atoms with Gasteiger partial charge in [0.15, 0.2) is 0 Å². The van der Waals surface area contributed by atoms with Crippen LogP contribution in [0.4, 0.5) is 5.69 Å². The van der Waals surface area contributed by atoms with Gasteiger partial charge in [-0.15, -0.1) is 0 Å². The minimum absolute atomic E-state index is 0.0314. The molecule has 136 valence electrons. The molecule has 7 nitrogen and oxygen atoms in total. The highest BCUT2D eigenvalue weighted by molar-refractivity contribution is 14.1. The van der Waals surface area contributed by atoms with Crippen molar-refractivity contribution in [3.63, 3.8) is 0 Å². The Labute approximate surface area is 168 Å². The number of halogens is 1. The zero-order chi connectivity index (χ0) is 19.4. The van der Waals surface area contributed by atoms with E-state index in [0.29, 0.717) is 28.2 Å². The van der Waals surface area contributed by atoms with Crippen molar-refractivity contribution in [2.24, 2.45) is 5.10 Å². The van der Waals surface area contributed by atoms with Crippen molar-refractivity contribution < 1.29 is 14.1 Å². The maximum absolute atomic E-state index is 12.0. The van der Waals surface area contributed by atoms with E-state index in [1.54, 1.807) is 43.3 Å². The van der Waals surface area contributed by atoms with Gasteiger partial charge in [-0.2, -0.15) is 5.10 Å². The molecule has 1 aromatic heterocycles. The molecule has 3 rings (SSSR count). The van der Waals surface area contributed by atoms with Gasteiger partial charge in [0.2, 0.25) is 0 Å². The molecule has 1 amide bonds. The van der Waals surface area contributed by atoms with Crippen LogP contribution in [0.15, 0.2) is 64.1 Å². The van der Waals surface area contributed by atoms with Crippen LogP contribution in [-0.2, 0) is 0 Å². The fraction of sp³-hybridized carbons (Fsp3) is 0.0526. The summed E-state index contributed by atoms with van der Waals surface area (Å²) in [6, 6.07) is 15.3. The van der Waals surface area contributed by atoms with Gasteiger partial charge in [-0.1, -0.05) is 12.1 Å². The molecule has 0 saturated carbocycles. The number of hydrazone groups is 1. The Kier molecular flexibility index (Phi) is 5.65. The van der Waals surface area contributed by atoms with Crippen molar-refractivity contribution in [3.05, 3.63) is 85.2 Å². The third-order valence-electron chi connectivity index (χ3n) is 3.78. The number of amides is 1. The monoisotopic (exact) mass is 475 g/mol. The van der Waals surface area contributed by atoms with Crippen molar-refractivity contribution in [1.29, 1.82) is 0 Å². The van der Waals surface area contributed by atoms with Crippen LogP contribution >= 0.6 is 22.6 Å². The molecule has 0 radical (unpaired) electrons. The van der Waals surface area contributed by atoms with Gasteiger partial charge in [-0.05, 0) is 65.9 Å². The third kappa shape index (κ3) is 4.59. The summed E-state index contributed by atoms with van der Waals surface area (Å²) in [5, 5.41) is 14.9. The molecule has 3 aromatic rings. The number of nitro groups is 1. The third-order valence-corrected chi connectivity index (χ3v) is 4.50. The average Bonchev–Trinajstić information content (AvgIpc) is 3.11. The summed E-state index contributed by atoms with van der Waals surface area (Å²) in [4.78, 5) is 22.6. The Morgan fingerprint density at radius 2 is 1.93 bits per heavy atom. The van der Waals surface area contributed by atoms with Gasteiger partial charge < -0.3 is 4.42 Å². The zero-order valence-corrected chi connectivity index (χ0v) is 16.3. The second-order valence-corrected chi connectivity index (χ2v) is 6.91. The summed E-state index contributed by atoms with van der Waals surface area (Å²) >= 11 is 2.16. The van der Waals surface area contributed by atoms with Crippen molar-refractivity contribution in [3.8, 4) is 11.3 Å². The molecule has 0 spiro atoms. The van der Waals surface area contributed by atoms with E-state index in [0.717, 1.165) is 3.57 Å². The number of carbonyl (C=O) groups excluding carboxylic acids is 1. The summed E-state index contributed by atoms with van der Waals surface area (Å²) in [5.74, 6) is 0.559. The largest absolute Gasteiger partial charge is 0.455 e. The number of rotatable bonds is 5. The second kappa shape index (κ2) is 8.12. The van der Waals surface area contributed by atoms with Crippen LogP contribution in [0.3, 0.4) is 0 Å². The number of hydrogen-bond donors (Lipinski definition) is 1. The van der Waals surface area contributed by atoms with Gasteiger partial charge >= 0.3 is 0 Å². The van der Waals surface area contributed by atoms with E-state index < -0.39 is 4.92 Å². The van der Waals surface area contributed by atoms with Crippen molar-refractivity contribution in [1.82, 2.24) is 5.43 Å². The van der Waals surface area contributed by atoms with Crippen molar-refractivity contribution >= 4 is 40.4 Å². The smallest absolute Gasteiger partial charge is 0.273 e. The van der Waals surface area contributed by atoms with Crippen LogP contribution in [-0.4, -0.2) is 17.0 Å². The van der Waals surface area contributed by atoms with Crippen LogP contribution in [0, 0.1) is 20.6 Å². The summed E-state index contributed by atoms with van der Waals surface area (Å²) in [6.07, 6.45) is 1.37. The number of nitro benzene ring substituents is 1. The minimum Gasteiger partial charge on any atom is -0.455 e. The first-order valence-corrected chi connectivity index (χ1v) is 8.96. The molecule has 0 atom stereocenters. The van der Waals surface area contributed by atoms with E-state index in [1.807, 2.05) is 12.1 Å². The Morgan fingerprint density at radius 1 is 1.19 bits per heavy atom. The Morgan fingerprint density at radius 3 is 2.63 bits per heavy atom. The fourth-order valence-corrected chi connectivity index (χ4v) is 2.72. The molecule has 0 aliphatic rings. The summed E-state index contributed by atoms with van der Waals surface area (Å²) in [6.45, 7) is 1.68. The number of furan rings is 1. The minimum atomic E-state index is -0.426. The molecule has 0 fully saturated rings. The summed E-state index contributed by atoms with van der Waals surface area (Å²) in [7, 11) is 0. The van der Waals surface area contributed by atoms with Crippen molar-refractivity contribution in [2.75, 3.05) is 0 Å². The first-order valence-electron chi connectivity index (χ1n) is 7.88. The zero-order valence-electron chi connectivity index (χ0n) is 14.2. The predicted octanol–water partition coefficient (Wildman–Crippen LogP) is 4.53. The molecule has 27 heavy (non-hydrogen) atoms. The lowest BCUT2D eigenvalue weighted by Gasteiger charge is -2.00. The molecule has 1 N–H and O–H groups in total. The highest BCUT2D eigenvalue weighted by Crippen LogP contribution is 2.27. The van der Waals surface area contributed by atoms with Gasteiger partial charge in [0, 0.05) is 26.3 Å². The molecule has 0 aliphatic heterocycles. The van der Waals surface area contributed by atoms with Gasteiger partial charge in [0.05, 0.1) is 11.1 Å². The van der Waals surface area contributed by atoms with E-state index in [-0.39, 0.29) is 11.6 Å². The maximum Gasteiger partial charge on any atom is 0.273 e. The number of aryl methyl sites for hydroxylation is 1. The van der Waals surface area contributed by atoms with Crippen LogP contribution in [0.5, 0.6) is 0 Å². The molecule has 2 aromatic carbocycles. The van der Waals surface area contributed by atoms with Gasteiger partial charge in [0.25, 0.3) is 11.6 Å². The number of hydrogen-bond acceptors (Lipinski definition) is 5. The molecular weight excluding hydrogens is 461 g/mol. The molecular formula is C19H14IN3O4. The van der Waals surface area contributed by atoms with Gasteiger partial charge in [-0.25, -0.2) is 5.43 Å². The van der Waals surface area contributed by atoms with Crippen LogP contribution in [0.2, 0.25) is 0 Å². The average molecular weight is 475 g/mol. The SMILES string of the molecule is Cc1ccc(-c2ccc(/C=N\NC(=O)c3ccc(I)cc3)o2)cc1[N+](=O)[O-]. The Hall–Kier alpha value is -3.01. The van der Waals surface area contributed by atoms with Crippen LogP contribution in [0.1, 0.15) is 21.7 Å². The molecule has 0 saturated heterocycles. The molecule has 0 bridgehead atoms. The highest BCUT2D eigenvalue weighted by Gasteiger charge is 2.13. The Balaban J connectivity index is 1.70. The van der Waals surface area contributed by atoms with Gasteiger partial charge in [0.1, 0.15) is 11.5 Å². The van der Waals surface area contributed by atoms with E-state index in [9.17, 15) is 14.9 Å². The Bertz CT molecular complexity index is 1030. The quantitative estimate of drug-likeness (QED) is 0.254. The second-order valence-electron chi connectivity index (χ2n) is 5.67. The number of nitrogens with zero attached hydrogens (tertiary/aromatic N) is 2. The van der Waals surface area contributed by atoms with E-state index >= 15 is 0 Å². The van der Waals surface area contributed by atoms with Crippen molar-refractivity contribution in [2.45, 2.75) is 6.92 Å². The molecule has 0 unspecified atom stereocenters. The number of nitrogens with one attached hydrogen (secondary N) is 1. The summed E-state index contributed by atoms with van der Waals surface area (Å²) < 4.78 is 6.66. The topological polar surface area (TPSA) is 97.7 Å². The summed E-state index contributed by atoms with van der Waals surface area (Å²) in [5.41, 5.74) is 4.13.